The number of ketones is 1. The highest BCUT2D eigenvalue weighted by atomic mass is 16.5. The Kier molecular flexibility index (Phi) is 6.22. The fraction of sp³-hybridized carbons (Fsp3) is 0.0385. The second kappa shape index (κ2) is 9.57. The second-order valence-electron chi connectivity index (χ2n) is 6.92. The summed E-state index contributed by atoms with van der Waals surface area (Å²) in [4.78, 5) is 37.3. The molecule has 3 aromatic carbocycles. The van der Waals surface area contributed by atoms with E-state index in [4.69, 9.17) is 9.15 Å². The van der Waals surface area contributed by atoms with Crippen molar-refractivity contribution in [1.29, 1.82) is 0 Å². The van der Waals surface area contributed by atoms with Crippen LogP contribution in [0.15, 0.2) is 102 Å². The van der Waals surface area contributed by atoms with Crippen LogP contribution in [0.3, 0.4) is 0 Å². The van der Waals surface area contributed by atoms with Crippen molar-refractivity contribution in [2.24, 2.45) is 0 Å². The molecule has 0 saturated heterocycles. The van der Waals surface area contributed by atoms with E-state index in [0.29, 0.717) is 5.56 Å². The number of rotatable bonds is 7. The number of hydrogen-bond acceptors (Lipinski definition) is 5. The lowest BCUT2D eigenvalue weighted by Gasteiger charge is -2.10. The first-order valence-corrected chi connectivity index (χ1v) is 9.91. The van der Waals surface area contributed by atoms with Crippen molar-refractivity contribution in [2.75, 3.05) is 11.9 Å². The Balaban J connectivity index is 1.39. The number of ether oxygens (including phenoxy) is 1. The third-order valence-corrected chi connectivity index (χ3v) is 4.79. The van der Waals surface area contributed by atoms with Crippen molar-refractivity contribution >= 4 is 23.3 Å². The lowest BCUT2D eigenvalue weighted by Crippen LogP contribution is -2.18. The van der Waals surface area contributed by atoms with Gasteiger partial charge in [0.25, 0.3) is 5.91 Å². The van der Waals surface area contributed by atoms with E-state index < -0.39 is 18.5 Å². The van der Waals surface area contributed by atoms with Gasteiger partial charge in [0.15, 0.2) is 18.2 Å². The summed E-state index contributed by atoms with van der Waals surface area (Å²) in [7, 11) is 0. The summed E-state index contributed by atoms with van der Waals surface area (Å²) < 4.78 is 10.3. The van der Waals surface area contributed by atoms with Crippen LogP contribution < -0.4 is 5.32 Å². The molecule has 0 unspecified atom stereocenters. The molecular formula is C26H19NO5. The molecule has 158 valence electrons. The van der Waals surface area contributed by atoms with Gasteiger partial charge in [-0.15, -0.1) is 0 Å². The van der Waals surface area contributed by atoms with Gasteiger partial charge < -0.3 is 14.5 Å². The highest BCUT2D eigenvalue weighted by molar-refractivity contribution is 6.07. The molecule has 0 fully saturated rings. The van der Waals surface area contributed by atoms with Gasteiger partial charge in [0, 0.05) is 5.56 Å². The molecule has 1 aromatic heterocycles. The van der Waals surface area contributed by atoms with Crippen molar-refractivity contribution in [2.45, 2.75) is 0 Å². The van der Waals surface area contributed by atoms with Gasteiger partial charge in [0.1, 0.15) is 0 Å². The zero-order valence-electron chi connectivity index (χ0n) is 17.0. The molecule has 0 aliphatic rings. The minimum absolute atomic E-state index is 0.113. The maximum absolute atomic E-state index is 12.6. The lowest BCUT2D eigenvalue weighted by atomic mass is 10.0. The third kappa shape index (κ3) is 4.82. The smallest absolute Gasteiger partial charge is 0.340 e. The predicted molar refractivity (Wildman–Crippen MR) is 120 cm³/mol. The molecule has 4 rings (SSSR count). The number of carbonyl (C=O) groups is 3. The first-order chi connectivity index (χ1) is 15.6. The van der Waals surface area contributed by atoms with Gasteiger partial charge in [-0.25, -0.2) is 4.79 Å². The number of Topliss-reactive ketones (excluding diaryl/α,β-unsaturated/α-hetero) is 1. The van der Waals surface area contributed by atoms with Crippen molar-refractivity contribution in [1.82, 2.24) is 0 Å². The Morgan fingerprint density at radius 1 is 0.750 bits per heavy atom. The van der Waals surface area contributed by atoms with Crippen LogP contribution in [0.25, 0.3) is 11.1 Å². The van der Waals surface area contributed by atoms with Gasteiger partial charge in [-0.3, -0.25) is 9.59 Å². The van der Waals surface area contributed by atoms with E-state index in [9.17, 15) is 14.4 Å². The lowest BCUT2D eigenvalue weighted by molar-refractivity contribution is 0.0475. The average molecular weight is 425 g/mol. The van der Waals surface area contributed by atoms with Gasteiger partial charge in [0.05, 0.1) is 17.5 Å². The maximum atomic E-state index is 12.6. The second-order valence-corrected chi connectivity index (χ2v) is 6.92. The fourth-order valence-corrected chi connectivity index (χ4v) is 3.13. The molecule has 1 N–H and O–H groups in total. The van der Waals surface area contributed by atoms with Crippen molar-refractivity contribution in [3.8, 4) is 11.1 Å². The maximum Gasteiger partial charge on any atom is 0.340 e. The number of amides is 1. The molecule has 0 radical (unpaired) electrons. The van der Waals surface area contributed by atoms with Crippen molar-refractivity contribution < 1.29 is 23.5 Å². The highest BCUT2D eigenvalue weighted by Crippen LogP contribution is 2.20. The van der Waals surface area contributed by atoms with Crippen LogP contribution in [0.2, 0.25) is 0 Å². The molecular weight excluding hydrogens is 406 g/mol. The number of nitrogens with one attached hydrogen (secondary N) is 1. The number of esters is 1. The number of benzene rings is 3. The number of hydrogen-bond donors (Lipinski definition) is 1. The van der Waals surface area contributed by atoms with E-state index in [1.165, 1.54) is 18.4 Å². The number of furan rings is 1. The molecule has 1 amide bonds. The predicted octanol–water partition coefficient (Wildman–Crippen LogP) is 5.24. The molecule has 0 saturated carbocycles. The van der Waals surface area contributed by atoms with Gasteiger partial charge in [-0.2, -0.15) is 0 Å². The van der Waals surface area contributed by atoms with Crippen LogP contribution in [0.1, 0.15) is 31.3 Å². The van der Waals surface area contributed by atoms with Crippen LogP contribution >= 0.6 is 0 Å². The van der Waals surface area contributed by atoms with E-state index in [2.05, 4.69) is 5.32 Å². The quantitative estimate of drug-likeness (QED) is 0.323. The average Bonchev–Trinajstić information content (AvgIpc) is 3.39. The zero-order chi connectivity index (χ0) is 22.3. The topological polar surface area (TPSA) is 85.6 Å². The highest BCUT2D eigenvalue weighted by Gasteiger charge is 2.18. The van der Waals surface area contributed by atoms with Crippen LogP contribution in [-0.2, 0) is 4.74 Å². The molecule has 0 atom stereocenters. The standard InChI is InChI=1S/C26H19NO5/c28-23(20-14-12-19(13-15-20)18-7-2-1-3-8-18)17-32-26(30)21-9-4-5-10-22(21)27-25(29)24-11-6-16-31-24/h1-16H,17H2,(H,27,29). The number of carbonyl (C=O) groups excluding carboxylic acids is 3. The number of para-hydroxylation sites is 1. The van der Waals surface area contributed by atoms with Crippen molar-refractivity contribution in [3.63, 3.8) is 0 Å². The molecule has 0 aliphatic carbocycles. The van der Waals surface area contributed by atoms with E-state index in [1.54, 1.807) is 36.4 Å². The van der Waals surface area contributed by atoms with Crippen LogP contribution in [-0.4, -0.2) is 24.3 Å². The Labute approximate surface area is 184 Å². The van der Waals surface area contributed by atoms with Gasteiger partial charge in [0.2, 0.25) is 0 Å². The van der Waals surface area contributed by atoms with Crippen LogP contribution in [0.4, 0.5) is 5.69 Å². The summed E-state index contributed by atoms with van der Waals surface area (Å²) in [6, 6.07) is 26.4. The van der Waals surface area contributed by atoms with Crippen LogP contribution in [0, 0.1) is 0 Å². The monoisotopic (exact) mass is 425 g/mol. The third-order valence-electron chi connectivity index (χ3n) is 4.79. The van der Waals surface area contributed by atoms with Crippen LogP contribution in [0.5, 0.6) is 0 Å². The Morgan fingerprint density at radius 3 is 2.16 bits per heavy atom. The normalized spacial score (nSPS) is 10.4. The summed E-state index contributed by atoms with van der Waals surface area (Å²) in [5.74, 6) is -1.42. The van der Waals surface area contributed by atoms with E-state index in [0.717, 1.165) is 11.1 Å². The Bertz CT molecular complexity index is 1230. The summed E-state index contributed by atoms with van der Waals surface area (Å²) in [6.45, 7) is -0.413. The minimum Gasteiger partial charge on any atom is -0.459 e. The molecule has 1 heterocycles. The molecule has 32 heavy (non-hydrogen) atoms. The van der Waals surface area contributed by atoms with Gasteiger partial charge in [-0.05, 0) is 35.4 Å². The zero-order valence-corrected chi connectivity index (χ0v) is 17.0. The Morgan fingerprint density at radius 2 is 1.44 bits per heavy atom. The summed E-state index contributed by atoms with van der Waals surface area (Å²) in [5.41, 5.74) is 2.88. The Hall–Kier alpha value is -4.45. The summed E-state index contributed by atoms with van der Waals surface area (Å²) in [6.07, 6.45) is 1.38. The van der Waals surface area contributed by atoms with Crippen molar-refractivity contribution in [3.05, 3.63) is 114 Å². The largest absolute Gasteiger partial charge is 0.459 e. The van der Waals surface area contributed by atoms with E-state index in [1.807, 2.05) is 42.5 Å². The van der Waals surface area contributed by atoms with Gasteiger partial charge >= 0.3 is 5.97 Å². The summed E-state index contributed by atoms with van der Waals surface area (Å²) in [5, 5.41) is 2.62. The first-order valence-electron chi connectivity index (χ1n) is 9.91. The molecule has 6 heteroatoms. The SMILES string of the molecule is O=C(COC(=O)c1ccccc1NC(=O)c1ccco1)c1ccc(-c2ccccc2)cc1. The first kappa shape index (κ1) is 20.8. The fourth-order valence-electron chi connectivity index (χ4n) is 3.13. The number of anilines is 1. The molecule has 0 spiro atoms. The summed E-state index contributed by atoms with van der Waals surface area (Å²) >= 11 is 0. The molecule has 0 aliphatic heterocycles. The van der Waals surface area contributed by atoms with E-state index >= 15 is 0 Å². The minimum atomic E-state index is -0.713. The molecule has 0 bridgehead atoms. The van der Waals surface area contributed by atoms with Gasteiger partial charge in [-0.1, -0.05) is 66.7 Å². The molecule has 4 aromatic rings. The molecule has 6 nitrogen and oxygen atoms in total. The van der Waals surface area contributed by atoms with E-state index in [-0.39, 0.29) is 22.8 Å².